The van der Waals surface area contributed by atoms with E-state index in [1.807, 2.05) is 34.0 Å². The Morgan fingerprint density at radius 2 is 1.78 bits per heavy atom. The Labute approximate surface area is 164 Å². The molecular weight excluding hydrogens is 368 g/mol. The van der Waals surface area contributed by atoms with Crippen LogP contribution < -0.4 is 10.6 Å². The lowest BCUT2D eigenvalue weighted by atomic mass is 10.1. The number of aryl methyl sites for hydroxylation is 2. The first kappa shape index (κ1) is 22.9. The van der Waals surface area contributed by atoms with Crippen LogP contribution >= 0.6 is 11.8 Å². The summed E-state index contributed by atoms with van der Waals surface area (Å²) in [6.45, 7) is 7.82. The second-order valence-electron chi connectivity index (χ2n) is 6.51. The summed E-state index contributed by atoms with van der Waals surface area (Å²) in [5.41, 5.74) is 2.56. The van der Waals surface area contributed by atoms with E-state index in [1.165, 1.54) is 11.8 Å². The number of carbonyl (C=O) groups excluding carboxylic acids is 3. The number of imide groups is 1. The molecule has 1 heterocycles. The summed E-state index contributed by atoms with van der Waals surface area (Å²) >= 11 is 1.46. The highest BCUT2D eigenvalue weighted by Gasteiger charge is 2.13. The van der Waals surface area contributed by atoms with Crippen LogP contribution in [-0.4, -0.2) is 47.3 Å². The molecule has 9 heteroatoms. The van der Waals surface area contributed by atoms with E-state index in [4.69, 9.17) is 4.74 Å². The van der Waals surface area contributed by atoms with Crippen LogP contribution in [0.4, 0.5) is 4.79 Å². The van der Waals surface area contributed by atoms with Crippen LogP contribution in [0, 0.1) is 19.8 Å². The van der Waals surface area contributed by atoms with Gasteiger partial charge in [0.05, 0.1) is 0 Å². The Morgan fingerprint density at radius 1 is 1.15 bits per heavy atom. The number of hydrogen-bond donors (Lipinski definition) is 2. The maximum atomic E-state index is 11.9. The number of aromatic nitrogens is 2. The van der Waals surface area contributed by atoms with Crippen molar-refractivity contribution >= 4 is 29.7 Å². The fourth-order valence-corrected chi connectivity index (χ4v) is 2.74. The van der Waals surface area contributed by atoms with Crippen LogP contribution in [0.15, 0.2) is 5.16 Å². The van der Waals surface area contributed by atoms with Gasteiger partial charge in [-0.25, -0.2) is 14.8 Å². The zero-order valence-corrected chi connectivity index (χ0v) is 17.4. The third-order valence-electron chi connectivity index (χ3n) is 3.79. The minimum atomic E-state index is -0.662. The summed E-state index contributed by atoms with van der Waals surface area (Å²) in [6.07, 6.45) is 3.26. The predicted molar refractivity (Wildman–Crippen MR) is 104 cm³/mol. The molecule has 0 atom stereocenters. The zero-order valence-electron chi connectivity index (χ0n) is 16.5. The highest BCUT2D eigenvalue weighted by molar-refractivity contribution is 7.98. The first-order valence-corrected chi connectivity index (χ1v) is 10.1. The summed E-state index contributed by atoms with van der Waals surface area (Å²) in [7, 11) is 0. The van der Waals surface area contributed by atoms with Crippen LogP contribution in [0.3, 0.4) is 0 Å². The van der Waals surface area contributed by atoms with Crippen LogP contribution in [0.1, 0.15) is 43.6 Å². The van der Waals surface area contributed by atoms with Gasteiger partial charge in [-0.1, -0.05) is 25.6 Å². The molecule has 0 radical (unpaired) electrons. The van der Waals surface area contributed by atoms with E-state index in [9.17, 15) is 14.4 Å². The van der Waals surface area contributed by atoms with E-state index in [-0.39, 0.29) is 6.42 Å². The number of carbonyl (C=O) groups is 3. The molecule has 0 saturated heterocycles. The molecule has 1 rings (SSSR count). The number of rotatable bonds is 9. The molecule has 150 valence electrons. The van der Waals surface area contributed by atoms with Crippen molar-refractivity contribution in [2.45, 2.75) is 52.1 Å². The lowest BCUT2D eigenvalue weighted by Gasteiger charge is -2.10. The van der Waals surface area contributed by atoms with Crippen molar-refractivity contribution in [1.29, 1.82) is 0 Å². The summed E-state index contributed by atoms with van der Waals surface area (Å²) < 4.78 is 4.92. The molecule has 0 aliphatic carbocycles. The number of thioether (sulfide) groups is 1. The van der Waals surface area contributed by atoms with Crippen molar-refractivity contribution in [2.24, 2.45) is 5.92 Å². The van der Waals surface area contributed by atoms with E-state index < -0.39 is 24.5 Å². The Bertz CT molecular complexity index is 656. The fourth-order valence-electron chi connectivity index (χ4n) is 2.29. The van der Waals surface area contributed by atoms with Crippen LogP contribution in [0.2, 0.25) is 0 Å². The van der Waals surface area contributed by atoms with E-state index in [0.29, 0.717) is 24.0 Å². The van der Waals surface area contributed by atoms with E-state index in [2.05, 4.69) is 20.6 Å². The van der Waals surface area contributed by atoms with Crippen molar-refractivity contribution in [3.05, 3.63) is 17.0 Å². The van der Waals surface area contributed by atoms with Crippen molar-refractivity contribution in [2.75, 3.05) is 19.4 Å². The van der Waals surface area contributed by atoms with Gasteiger partial charge in [0, 0.05) is 24.4 Å². The summed E-state index contributed by atoms with van der Waals surface area (Å²) in [5, 5.41) is 5.39. The maximum Gasteiger partial charge on any atom is 0.321 e. The normalized spacial score (nSPS) is 10.6. The molecule has 0 fully saturated rings. The van der Waals surface area contributed by atoms with Crippen molar-refractivity contribution < 1.29 is 19.1 Å². The second-order valence-corrected chi connectivity index (χ2v) is 7.28. The number of ether oxygens (including phenoxy) is 1. The topological polar surface area (TPSA) is 110 Å². The van der Waals surface area contributed by atoms with Gasteiger partial charge < -0.3 is 10.1 Å². The maximum absolute atomic E-state index is 11.9. The average molecular weight is 397 g/mol. The Balaban J connectivity index is 2.35. The largest absolute Gasteiger partial charge is 0.456 e. The van der Waals surface area contributed by atoms with Crippen molar-refractivity contribution in [3.8, 4) is 0 Å². The number of amides is 3. The molecule has 0 aromatic carbocycles. The Morgan fingerprint density at radius 3 is 2.33 bits per heavy atom. The Hall–Kier alpha value is -2.16. The second kappa shape index (κ2) is 11.5. The van der Waals surface area contributed by atoms with Gasteiger partial charge in [0.2, 0.25) is 0 Å². The number of esters is 1. The smallest absolute Gasteiger partial charge is 0.321 e. The molecule has 1 aromatic rings. The third kappa shape index (κ3) is 8.85. The van der Waals surface area contributed by atoms with Gasteiger partial charge in [0.1, 0.15) is 0 Å². The van der Waals surface area contributed by atoms with E-state index >= 15 is 0 Å². The van der Waals surface area contributed by atoms with Crippen LogP contribution in [0.25, 0.3) is 0 Å². The molecule has 3 amide bonds. The molecule has 0 spiro atoms. The van der Waals surface area contributed by atoms with Gasteiger partial charge in [-0.15, -0.1) is 0 Å². The lowest BCUT2D eigenvalue weighted by molar-refractivity contribution is -0.148. The monoisotopic (exact) mass is 396 g/mol. The van der Waals surface area contributed by atoms with Gasteiger partial charge in [-0.3, -0.25) is 14.9 Å². The highest BCUT2D eigenvalue weighted by Crippen LogP contribution is 2.17. The average Bonchev–Trinajstić information content (AvgIpc) is 2.58. The molecule has 0 bridgehead atoms. The van der Waals surface area contributed by atoms with Gasteiger partial charge in [0.15, 0.2) is 11.8 Å². The highest BCUT2D eigenvalue weighted by atomic mass is 32.2. The van der Waals surface area contributed by atoms with Crippen molar-refractivity contribution in [3.63, 3.8) is 0 Å². The molecular formula is C18H28N4O4S. The first-order chi connectivity index (χ1) is 12.7. The minimum Gasteiger partial charge on any atom is -0.456 e. The van der Waals surface area contributed by atoms with Gasteiger partial charge >= 0.3 is 12.0 Å². The molecule has 0 saturated carbocycles. The third-order valence-corrected chi connectivity index (χ3v) is 4.33. The number of urea groups is 1. The van der Waals surface area contributed by atoms with Crippen LogP contribution in [-0.2, 0) is 20.7 Å². The van der Waals surface area contributed by atoms with Crippen LogP contribution in [0.5, 0.6) is 0 Å². The molecule has 1 aromatic heterocycles. The van der Waals surface area contributed by atoms with E-state index in [1.54, 1.807) is 0 Å². The number of nitrogens with zero attached hydrogens (tertiary/aromatic N) is 2. The minimum absolute atomic E-state index is 0.109. The van der Waals surface area contributed by atoms with Crippen molar-refractivity contribution in [1.82, 2.24) is 20.6 Å². The molecule has 0 aliphatic rings. The lowest BCUT2D eigenvalue weighted by Crippen LogP contribution is -2.42. The molecule has 0 aliphatic heterocycles. The number of nitrogens with one attached hydrogen (secondary N) is 2. The first-order valence-electron chi connectivity index (χ1n) is 8.84. The quantitative estimate of drug-likeness (QED) is 0.374. The standard InChI is InChI=1S/C18H28N4O4S/c1-11(2)8-9-19-17(25)22-15(23)10-26-16(24)7-6-14-12(3)20-18(27-5)21-13(14)4/h11H,6-10H2,1-5H3,(H2,19,22,23,25). The SMILES string of the molecule is CSc1nc(C)c(CCC(=O)OCC(=O)NC(=O)NCCC(C)C)c(C)n1. The number of hydrogen-bond acceptors (Lipinski definition) is 7. The zero-order chi connectivity index (χ0) is 20.4. The summed E-state index contributed by atoms with van der Waals surface area (Å²) in [5.74, 6) is -0.722. The molecule has 2 N–H and O–H groups in total. The molecule has 0 unspecified atom stereocenters. The molecule has 27 heavy (non-hydrogen) atoms. The summed E-state index contributed by atoms with van der Waals surface area (Å²) in [6, 6.07) is -0.589. The summed E-state index contributed by atoms with van der Waals surface area (Å²) in [4.78, 5) is 43.7. The van der Waals surface area contributed by atoms with Gasteiger partial charge in [-0.2, -0.15) is 0 Å². The van der Waals surface area contributed by atoms with Gasteiger partial charge in [-0.05, 0) is 44.4 Å². The molecule has 8 nitrogen and oxygen atoms in total. The fraction of sp³-hybridized carbons (Fsp3) is 0.611. The predicted octanol–water partition coefficient (Wildman–Crippen LogP) is 2.16. The van der Waals surface area contributed by atoms with E-state index in [0.717, 1.165) is 23.4 Å². The Kier molecular flexibility index (Phi) is 9.77. The van der Waals surface area contributed by atoms with Gasteiger partial charge in [0.25, 0.3) is 5.91 Å².